The van der Waals surface area contributed by atoms with E-state index in [1.807, 2.05) is 25.4 Å². The van der Waals surface area contributed by atoms with Gasteiger partial charge in [-0.05, 0) is 48.1 Å². The number of aryl methyl sites for hydroxylation is 1. The molecular weight excluding hydrogens is 518 g/mol. The van der Waals surface area contributed by atoms with Crippen molar-refractivity contribution >= 4 is 43.1 Å². The summed E-state index contributed by atoms with van der Waals surface area (Å²) < 4.78 is 34.0. The van der Waals surface area contributed by atoms with Gasteiger partial charge in [0.05, 0.1) is 16.0 Å². The van der Waals surface area contributed by atoms with Crippen molar-refractivity contribution in [1.29, 1.82) is 0 Å². The molecule has 3 aromatic rings. The van der Waals surface area contributed by atoms with Crippen molar-refractivity contribution in [2.75, 3.05) is 36.8 Å². The molecule has 4 heterocycles. The summed E-state index contributed by atoms with van der Waals surface area (Å²) in [4.78, 5) is 16.1. The lowest BCUT2D eigenvalue weighted by molar-refractivity contribution is 0.170. The molecule has 0 atom stereocenters. The third kappa shape index (κ3) is 6.35. The standard InChI is InChI=1S/C28H37N5O3S2/c1-3-5-17-38(34,35)33-15-9-22(10-16-33)23-7-8-25-26(18-23)37-28(31-25)36-24-11-13-32(14-12-24)27-29-19-21(6-4-2)20-30-27/h7-9,18-20,24H,3-6,10-17H2,1-2H3. The fraction of sp³-hybridized carbons (Fsp3) is 0.536. The zero-order valence-electron chi connectivity index (χ0n) is 22.3. The molecule has 0 amide bonds. The first kappa shape index (κ1) is 27.0. The van der Waals surface area contributed by atoms with E-state index in [2.05, 4.69) is 40.0 Å². The molecule has 2 aromatic heterocycles. The van der Waals surface area contributed by atoms with Crippen molar-refractivity contribution in [3.05, 3.63) is 47.8 Å². The molecule has 0 radical (unpaired) electrons. The molecule has 0 N–H and O–H groups in total. The molecule has 1 aromatic carbocycles. The number of benzene rings is 1. The van der Waals surface area contributed by atoms with Crippen LogP contribution < -0.4 is 9.64 Å². The maximum atomic E-state index is 12.5. The lowest BCUT2D eigenvalue weighted by atomic mass is 10.0. The van der Waals surface area contributed by atoms with Gasteiger partial charge in [0.15, 0.2) is 0 Å². The molecule has 0 bridgehead atoms. The number of ether oxygens (including phenoxy) is 1. The van der Waals surface area contributed by atoms with Gasteiger partial charge in [0.2, 0.25) is 16.0 Å². The van der Waals surface area contributed by atoms with E-state index >= 15 is 0 Å². The van der Waals surface area contributed by atoms with Gasteiger partial charge in [-0.1, -0.05) is 50.2 Å². The average molecular weight is 556 g/mol. The van der Waals surface area contributed by atoms with Crippen LogP contribution in [0.2, 0.25) is 0 Å². The Balaban J connectivity index is 1.18. The zero-order valence-corrected chi connectivity index (χ0v) is 23.9. The third-order valence-electron chi connectivity index (χ3n) is 7.28. The lowest BCUT2D eigenvalue weighted by Gasteiger charge is -2.31. The van der Waals surface area contributed by atoms with Crippen molar-refractivity contribution < 1.29 is 13.2 Å². The molecule has 0 saturated carbocycles. The van der Waals surface area contributed by atoms with Gasteiger partial charge in [-0.3, -0.25) is 0 Å². The number of piperidine rings is 1. The second-order valence-electron chi connectivity index (χ2n) is 10.1. The summed E-state index contributed by atoms with van der Waals surface area (Å²) in [5, 5.41) is 0.710. The number of fused-ring (bicyclic) bond motifs is 1. The van der Waals surface area contributed by atoms with Gasteiger partial charge in [-0.25, -0.2) is 23.4 Å². The number of rotatable bonds is 10. The van der Waals surface area contributed by atoms with Crippen LogP contribution in [0.5, 0.6) is 5.19 Å². The zero-order chi connectivity index (χ0) is 26.5. The van der Waals surface area contributed by atoms with Crippen LogP contribution in [0.3, 0.4) is 0 Å². The van der Waals surface area contributed by atoms with E-state index in [9.17, 15) is 8.42 Å². The van der Waals surface area contributed by atoms with Crippen molar-refractivity contribution in [3.63, 3.8) is 0 Å². The summed E-state index contributed by atoms with van der Waals surface area (Å²) in [5.74, 6) is 1.04. The summed E-state index contributed by atoms with van der Waals surface area (Å²) in [6, 6.07) is 6.29. The maximum absolute atomic E-state index is 12.5. The topological polar surface area (TPSA) is 88.5 Å². The van der Waals surface area contributed by atoms with Crippen molar-refractivity contribution in [1.82, 2.24) is 19.3 Å². The molecule has 5 rings (SSSR count). The predicted molar refractivity (Wildman–Crippen MR) is 154 cm³/mol. The van der Waals surface area contributed by atoms with Gasteiger partial charge in [-0.2, -0.15) is 4.31 Å². The van der Waals surface area contributed by atoms with Crippen LogP contribution in [0.15, 0.2) is 36.7 Å². The highest BCUT2D eigenvalue weighted by Crippen LogP contribution is 2.33. The van der Waals surface area contributed by atoms with E-state index in [0.717, 1.165) is 73.3 Å². The fourth-order valence-electron chi connectivity index (χ4n) is 5.02. The smallest absolute Gasteiger partial charge is 0.274 e. The van der Waals surface area contributed by atoms with E-state index in [1.54, 1.807) is 15.6 Å². The van der Waals surface area contributed by atoms with Crippen molar-refractivity contribution in [2.45, 2.75) is 64.9 Å². The van der Waals surface area contributed by atoms with Crippen LogP contribution in [0.1, 0.15) is 63.5 Å². The molecule has 2 aliphatic heterocycles. The molecule has 204 valence electrons. The van der Waals surface area contributed by atoms with Crippen molar-refractivity contribution in [3.8, 4) is 5.19 Å². The normalized spacial score (nSPS) is 17.6. The highest BCUT2D eigenvalue weighted by Gasteiger charge is 2.25. The number of thiazole rings is 1. The molecular formula is C28H37N5O3S2. The molecule has 0 spiro atoms. The predicted octanol–water partition coefficient (Wildman–Crippen LogP) is 5.31. The minimum absolute atomic E-state index is 0.132. The van der Waals surface area contributed by atoms with Crippen molar-refractivity contribution in [2.24, 2.45) is 0 Å². The molecule has 38 heavy (non-hydrogen) atoms. The van der Waals surface area contributed by atoms with Gasteiger partial charge in [0, 0.05) is 51.4 Å². The first-order valence-electron chi connectivity index (χ1n) is 13.8. The molecule has 8 nitrogen and oxygen atoms in total. The Hall–Kier alpha value is -2.56. The minimum atomic E-state index is -3.17. The van der Waals surface area contributed by atoms with Crippen LogP contribution in [-0.4, -0.2) is 65.7 Å². The van der Waals surface area contributed by atoms with Crippen LogP contribution >= 0.6 is 11.3 Å². The molecule has 0 aliphatic carbocycles. The summed E-state index contributed by atoms with van der Waals surface area (Å²) in [5.41, 5.74) is 4.45. The van der Waals surface area contributed by atoms with E-state index < -0.39 is 10.0 Å². The Labute approximate surface area is 229 Å². The lowest BCUT2D eigenvalue weighted by Crippen LogP contribution is -2.39. The number of hydrogen-bond donors (Lipinski definition) is 0. The first-order chi connectivity index (χ1) is 18.4. The van der Waals surface area contributed by atoms with E-state index in [4.69, 9.17) is 9.72 Å². The highest BCUT2D eigenvalue weighted by molar-refractivity contribution is 7.89. The summed E-state index contributed by atoms with van der Waals surface area (Å²) in [6.07, 6.45) is 12.3. The van der Waals surface area contributed by atoms with Gasteiger partial charge in [-0.15, -0.1) is 0 Å². The van der Waals surface area contributed by atoms with E-state index in [-0.39, 0.29) is 11.9 Å². The quantitative estimate of drug-likeness (QED) is 0.335. The Morgan fingerprint density at radius 3 is 2.55 bits per heavy atom. The van der Waals surface area contributed by atoms with Gasteiger partial charge in [0.1, 0.15) is 6.10 Å². The Morgan fingerprint density at radius 1 is 1.08 bits per heavy atom. The summed E-state index contributed by atoms with van der Waals surface area (Å²) >= 11 is 1.58. The second kappa shape index (κ2) is 12.1. The van der Waals surface area contributed by atoms with E-state index in [1.165, 1.54) is 11.1 Å². The number of aromatic nitrogens is 3. The maximum Gasteiger partial charge on any atom is 0.274 e. The highest BCUT2D eigenvalue weighted by atomic mass is 32.2. The molecule has 10 heteroatoms. The average Bonchev–Trinajstić information content (AvgIpc) is 3.34. The molecule has 1 saturated heterocycles. The van der Waals surface area contributed by atoms with Crippen LogP contribution in [0, 0.1) is 0 Å². The third-order valence-corrected chi connectivity index (χ3v) is 10.1. The van der Waals surface area contributed by atoms with Crippen LogP contribution in [0.4, 0.5) is 5.95 Å². The number of nitrogens with zero attached hydrogens (tertiary/aromatic N) is 5. The number of hydrogen-bond acceptors (Lipinski definition) is 8. The largest absolute Gasteiger partial charge is 0.467 e. The number of sulfonamides is 1. The Kier molecular flexibility index (Phi) is 8.60. The monoisotopic (exact) mass is 555 g/mol. The second-order valence-corrected chi connectivity index (χ2v) is 13.2. The van der Waals surface area contributed by atoms with Gasteiger partial charge >= 0.3 is 0 Å². The SMILES string of the molecule is CCCCS(=O)(=O)N1CC=C(c2ccc3nc(OC4CCN(c5ncc(CCC)cn5)CC4)sc3c2)CC1. The first-order valence-corrected chi connectivity index (χ1v) is 16.2. The minimum Gasteiger partial charge on any atom is -0.467 e. The molecule has 0 unspecified atom stereocenters. The number of anilines is 1. The van der Waals surface area contributed by atoms with Gasteiger partial charge < -0.3 is 9.64 Å². The van der Waals surface area contributed by atoms with E-state index in [0.29, 0.717) is 24.7 Å². The number of unbranched alkanes of at least 4 members (excludes halogenated alkanes) is 1. The Morgan fingerprint density at radius 2 is 1.87 bits per heavy atom. The summed E-state index contributed by atoms with van der Waals surface area (Å²) in [6.45, 7) is 6.90. The molecule has 1 fully saturated rings. The summed E-state index contributed by atoms with van der Waals surface area (Å²) in [7, 11) is -3.17. The van der Waals surface area contributed by atoms with Crippen LogP contribution in [-0.2, 0) is 16.4 Å². The molecule has 2 aliphatic rings. The van der Waals surface area contributed by atoms with Gasteiger partial charge in [0.25, 0.3) is 5.19 Å². The fourth-order valence-corrected chi connectivity index (χ4v) is 7.52. The van der Waals surface area contributed by atoms with Crippen LogP contribution in [0.25, 0.3) is 15.8 Å². The Bertz CT molecular complexity index is 1360.